The molecule has 5 nitrogen and oxygen atoms in total. The molecule has 0 aliphatic rings. The second kappa shape index (κ2) is 8.14. The van der Waals surface area contributed by atoms with Crippen LogP contribution in [0.15, 0.2) is 30.6 Å². The molecule has 0 aliphatic carbocycles. The third-order valence-electron chi connectivity index (χ3n) is 3.75. The molecule has 1 N–H and O–H groups in total. The first-order valence-electron chi connectivity index (χ1n) is 7.56. The molecule has 0 bridgehead atoms. The molecule has 0 spiro atoms. The van der Waals surface area contributed by atoms with Crippen LogP contribution in [0.1, 0.15) is 21.6 Å². The van der Waals surface area contributed by atoms with Gasteiger partial charge in [-0.1, -0.05) is 6.07 Å². The van der Waals surface area contributed by atoms with Crippen LogP contribution in [0, 0.1) is 29.7 Å². The minimum atomic E-state index is -0.812. The second-order valence-electron chi connectivity index (χ2n) is 5.47. The summed E-state index contributed by atoms with van der Waals surface area (Å²) in [6.07, 6.45) is 2.77. The molecular weight excluding hydrogens is 487 g/mol. The van der Waals surface area contributed by atoms with Gasteiger partial charge < -0.3 is 10.1 Å². The highest BCUT2D eigenvalue weighted by Gasteiger charge is 2.22. The summed E-state index contributed by atoms with van der Waals surface area (Å²) in [5.41, 5.74) is 0.788. The van der Waals surface area contributed by atoms with E-state index in [0.29, 0.717) is 11.3 Å². The molecule has 3 aromatic rings. The highest BCUT2D eigenvalue weighted by atomic mass is 127. The van der Waals surface area contributed by atoms with E-state index in [1.165, 1.54) is 45.0 Å². The minimum Gasteiger partial charge on any atom is -0.465 e. The lowest BCUT2D eigenvalue weighted by Gasteiger charge is -2.14. The Balaban J connectivity index is 2.21. The number of anilines is 2. The molecule has 3 rings (SSSR count). The van der Waals surface area contributed by atoms with E-state index in [1.54, 1.807) is 13.0 Å². The minimum absolute atomic E-state index is 0.0295. The topological polar surface area (TPSA) is 55.6 Å². The van der Waals surface area contributed by atoms with Crippen LogP contribution in [0.25, 0.3) is 5.65 Å². The van der Waals surface area contributed by atoms with Crippen molar-refractivity contribution in [2.24, 2.45) is 0 Å². The number of nitrogens with one attached hydrogen (secondary N) is 1. The Morgan fingerprint density at radius 1 is 1.41 bits per heavy atom. The van der Waals surface area contributed by atoms with E-state index in [-0.39, 0.29) is 22.6 Å². The van der Waals surface area contributed by atoms with Crippen LogP contribution in [-0.4, -0.2) is 22.5 Å². The van der Waals surface area contributed by atoms with Gasteiger partial charge in [0.2, 0.25) is 0 Å². The molecule has 0 radical (unpaired) electrons. The molecule has 0 atom stereocenters. The number of ether oxygens (including phenoxy) is 1. The number of imidazole rings is 1. The van der Waals surface area contributed by atoms with Crippen molar-refractivity contribution in [2.75, 3.05) is 12.4 Å². The molecule has 0 amide bonds. The number of aromatic nitrogens is 2. The summed E-state index contributed by atoms with van der Waals surface area (Å²) in [6.45, 7) is 1.74. The Morgan fingerprint density at radius 3 is 2.85 bits per heavy atom. The number of pyridine rings is 1. The number of carbonyl (C=O) groups is 1. The predicted molar refractivity (Wildman–Crippen MR) is 109 cm³/mol. The Morgan fingerprint density at radius 2 is 2.19 bits per heavy atom. The van der Waals surface area contributed by atoms with Crippen LogP contribution in [0.3, 0.4) is 0 Å². The van der Waals surface area contributed by atoms with E-state index in [9.17, 15) is 9.18 Å². The van der Waals surface area contributed by atoms with Gasteiger partial charge in [0, 0.05) is 27.4 Å². The Bertz CT molecular complexity index is 1110. The number of hydrogen-bond donors (Lipinski definition) is 1. The molecule has 0 saturated carbocycles. The lowest BCUT2D eigenvalue weighted by molar-refractivity contribution is 0.0601. The SMILES string of the molecule is COC(=O)c1cn2c(C#CSI)cnc2c(F)c1Nc1ccc(C)cc1F. The molecule has 1 aromatic carbocycles. The zero-order valence-corrected chi connectivity index (χ0v) is 17.1. The smallest absolute Gasteiger partial charge is 0.341 e. The molecule has 0 unspecified atom stereocenters. The molecule has 0 aliphatic heterocycles. The summed E-state index contributed by atoms with van der Waals surface area (Å²) >= 11 is 2.01. The number of fused-ring (bicyclic) bond motifs is 1. The number of rotatable bonds is 3. The van der Waals surface area contributed by atoms with Gasteiger partial charge >= 0.3 is 5.97 Å². The maximum absolute atomic E-state index is 15.1. The summed E-state index contributed by atoms with van der Waals surface area (Å²) in [5.74, 6) is 0.661. The number of esters is 1. The first-order chi connectivity index (χ1) is 13.0. The fourth-order valence-electron chi connectivity index (χ4n) is 2.48. The number of aryl methyl sites for hydroxylation is 1. The average molecular weight is 499 g/mol. The van der Waals surface area contributed by atoms with Gasteiger partial charge in [-0.3, -0.25) is 4.40 Å². The van der Waals surface area contributed by atoms with Gasteiger partial charge in [-0.25, -0.2) is 18.6 Å². The van der Waals surface area contributed by atoms with Crippen LogP contribution in [0.4, 0.5) is 20.2 Å². The normalized spacial score (nSPS) is 10.4. The largest absolute Gasteiger partial charge is 0.465 e. The molecule has 9 heteroatoms. The predicted octanol–water partition coefficient (Wildman–Crippen LogP) is 4.84. The van der Waals surface area contributed by atoms with Crippen LogP contribution >= 0.6 is 30.1 Å². The van der Waals surface area contributed by atoms with Crippen LogP contribution in [0.2, 0.25) is 0 Å². The van der Waals surface area contributed by atoms with Gasteiger partial charge in [-0.05, 0) is 44.7 Å². The number of benzene rings is 1. The fraction of sp³-hybridized carbons (Fsp3) is 0.111. The van der Waals surface area contributed by atoms with E-state index >= 15 is 4.39 Å². The van der Waals surface area contributed by atoms with E-state index in [4.69, 9.17) is 4.74 Å². The summed E-state index contributed by atoms with van der Waals surface area (Å²) in [5, 5.41) is 5.43. The van der Waals surface area contributed by atoms with Crippen molar-refractivity contribution in [3.8, 4) is 11.2 Å². The maximum Gasteiger partial charge on any atom is 0.341 e. The van der Waals surface area contributed by atoms with E-state index < -0.39 is 17.6 Å². The summed E-state index contributed by atoms with van der Waals surface area (Å²) in [6, 6.07) is 4.45. The highest BCUT2D eigenvalue weighted by molar-refractivity contribution is 14.2. The first-order valence-corrected chi connectivity index (χ1v) is 10.9. The monoisotopic (exact) mass is 499 g/mol. The van der Waals surface area contributed by atoms with Crippen molar-refractivity contribution in [3.63, 3.8) is 0 Å². The number of halogens is 3. The lowest BCUT2D eigenvalue weighted by atomic mass is 10.1. The Hall–Kier alpha value is -2.32. The number of methoxy groups -OCH3 is 1. The highest BCUT2D eigenvalue weighted by Crippen LogP contribution is 2.30. The van der Waals surface area contributed by atoms with E-state index in [2.05, 4.69) is 21.5 Å². The third-order valence-corrected chi connectivity index (χ3v) is 4.59. The summed E-state index contributed by atoms with van der Waals surface area (Å²) < 4.78 is 35.4. The molecule has 2 aromatic heterocycles. The van der Waals surface area contributed by atoms with Gasteiger partial charge in [0.1, 0.15) is 17.1 Å². The quantitative estimate of drug-likeness (QED) is 0.318. The van der Waals surface area contributed by atoms with Crippen LogP contribution in [0.5, 0.6) is 0 Å². The third kappa shape index (κ3) is 3.86. The van der Waals surface area contributed by atoms with Gasteiger partial charge in [-0.15, -0.1) is 0 Å². The summed E-state index contributed by atoms with van der Waals surface area (Å²) in [7, 11) is 2.45. The zero-order chi connectivity index (χ0) is 19.6. The molecule has 2 heterocycles. The average Bonchev–Trinajstić information content (AvgIpc) is 3.06. The summed E-state index contributed by atoms with van der Waals surface area (Å²) in [4.78, 5) is 16.2. The number of hydrogen-bond acceptors (Lipinski definition) is 5. The van der Waals surface area contributed by atoms with Gasteiger partial charge in [-0.2, -0.15) is 0 Å². The van der Waals surface area contributed by atoms with Gasteiger partial charge in [0.05, 0.1) is 24.7 Å². The van der Waals surface area contributed by atoms with Crippen molar-refractivity contribution < 1.29 is 18.3 Å². The van der Waals surface area contributed by atoms with Gasteiger partial charge in [0.15, 0.2) is 11.5 Å². The standard InChI is InChI=1S/C18H12F2IN3O2S/c1-10-3-4-14(13(19)7-10)23-16-12(18(25)26-2)9-24-11(5-6-27-21)8-22-17(24)15(16)20/h3-4,7-9,23H,1-2H3. The molecule has 0 saturated heterocycles. The number of carbonyl (C=O) groups excluding carboxylic acids is 1. The second-order valence-corrected chi connectivity index (χ2v) is 7.15. The van der Waals surface area contributed by atoms with Crippen molar-refractivity contribution in [1.82, 2.24) is 9.38 Å². The van der Waals surface area contributed by atoms with Gasteiger partial charge in [0.25, 0.3) is 0 Å². The number of nitrogens with zero attached hydrogens (tertiary/aromatic N) is 2. The first kappa shape index (κ1) is 19.4. The molecular formula is C18H12F2IN3O2S. The van der Waals surface area contributed by atoms with E-state index in [1.807, 2.05) is 21.2 Å². The molecule has 27 heavy (non-hydrogen) atoms. The lowest BCUT2D eigenvalue weighted by Crippen LogP contribution is -2.11. The van der Waals surface area contributed by atoms with Crippen molar-refractivity contribution in [3.05, 3.63) is 59.0 Å². The fourth-order valence-corrected chi connectivity index (χ4v) is 2.96. The van der Waals surface area contributed by atoms with Crippen molar-refractivity contribution >= 4 is 53.1 Å². The van der Waals surface area contributed by atoms with Crippen LogP contribution in [-0.2, 0) is 4.74 Å². The van der Waals surface area contributed by atoms with E-state index in [0.717, 1.165) is 0 Å². The molecule has 0 fully saturated rings. The zero-order valence-electron chi connectivity index (χ0n) is 14.1. The Labute approximate surface area is 170 Å². The van der Waals surface area contributed by atoms with Crippen LogP contribution < -0.4 is 5.32 Å². The van der Waals surface area contributed by atoms with Crippen molar-refractivity contribution in [2.45, 2.75) is 6.92 Å². The Kier molecular flexibility index (Phi) is 5.86. The maximum atomic E-state index is 15.1. The molecule has 138 valence electrons. The van der Waals surface area contributed by atoms with Crippen molar-refractivity contribution in [1.29, 1.82) is 0 Å².